The summed E-state index contributed by atoms with van der Waals surface area (Å²) in [5, 5.41) is 5.30. The zero-order valence-corrected chi connectivity index (χ0v) is 17.1. The number of nitrogens with one attached hydrogen (secondary N) is 2. The number of methoxy groups -OCH3 is 1. The summed E-state index contributed by atoms with van der Waals surface area (Å²) in [6.07, 6.45) is 2.40. The van der Waals surface area contributed by atoms with Gasteiger partial charge in [-0.2, -0.15) is 11.8 Å². The van der Waals surface area contributed by atoms with Gasteiger partial charge in [0.2, 0.25) is 5.91 Å². The topological polar surface area (TPSA) is 93.7 Å². The molecule has 0 aromatic carbocycles. The van der Waals surface area contributed by atoms with Crippen molar-refractivity contribution in [1.82, 2.24) is 10.6 Å². The van der Waals surface area contributed by atoms with Crippen molar-refractivity contribution >= 4 is 29.7 Å². The van der Waals surface area contributed by atoms with Crippen molar-refractivity contribution in [2.45, 2.75) is 65.1 Å². The first-order valence-electron chi connectivity index (χ1n) is 8.42. The van der Waals surface area contributed by atoms with Gasteiger partial charge in [0.15, 0.2) is 0 Å². The van der Waals surface area contributed by atoms with Crippen molar-refractivity contribution < 1.29 is 23.9 Å². The second-order valence-corrected chi connectivity index (χ2v) is 7.86. The van der Waals surface area contributed by atoms with Crippen LogP contribution in [0.15, 0.2) is 0 Å². The number of thioether (sulfide) groups is 1. The van der Waals surface area contributed by atoms with Crippen LogP contribution in [0.3, 0.4) is 0 Å². The van der Waals surface area contributed by atoms with Crippen LogP contribution in [0, 0.1) is 5.92 Å². The number of rotatable bonds is 9. The van der Waals surface area contributed by atoms with E-state index in [1.165, 1.54) is 7.11 Å². The molecule has 25 heavy (non-hydrogen) atoms. The van der Waals surface area contributed by atoms with Crippen LogP contribution >= 0.6 is 11.8 Å². The Labute approximate surface area is 155 Å². The molecule has 3 atom stereocenters. The Morgan fingerprint density at radius 2 is 1.76 bits per heavy atom. The maximum absolute atomic E-state index is 12.6. The van der Waals surface area contributed by atoms with E-state index in [2.05, 4.69) is 10.6 Å². The standard InChI is InChI=1S/C17H32N2O5S/c1-8-11(2)13(19-16(22)24-17(3,4)5)14(20)18-12(9-10-25-7)15(21)23-6/h11-13H,8-10H2,1-7H3,(H,18,20)(H,19,22)/t11-,12+,13+/m1/s1. The summed E-state index contributed by atoms with van der Waals surface area (Å²) in [6, 6.07) is -1.53. The largest absolute Gasteiger partial charge is 0.467 e. The lowest BCUT2D eigenvalue weighted by atomic mass is 9.98. The Balaban J connectivity index is 5.08. The second-order valence-electron chi connectivity index (χ2n) is 6.88. The zero-order chi connectivity index (χ0) is 19.6. The third kappa shape index (κ3) is 9.57. The van der Waals surface area contributed by atoms with Gasteiger partial charge in [-0.25, -0.2) is 9.59 Å². The van der Waals surface area contributed by atoms with Gasteiger partial charge in [-0.15, -0.1) is 0 Å². The molecule has 0 bridgehead atoms. The molecule has 0 saturated heterocycles. The predicted octanol–water partition coefficient (Wildman–Crippen LogP) is 2.34. The monoisotopic (exact) mass is 376 g/mol. The van der Waals surface area contributed by atoms with E-state index in [1.807, 2.05) is 20.1 Å². The highest BCUT2D eigenvalue weighted by Crippen LogP contribution is 2.12. The number of amides is 2. The van der Waals surface area contributed by atoms with Crippen LogP contribution < -0.4 is 10.6 Å². The first-order valence-corrected chi connectivity index (χ1v) is 9.81. The SMILES string of the molecule is CC[C@@H](C)[C@H](NC(=O)OC(C)(C)C)C(=O)N[C@@H](CCSC)C(=O)OC. The van der Waals surface area contributed by atoms with Crippen LogP contribution in [0.25, 0.3) is 0 Å². The number of alkyl carbamates (subject to hydrolysis) is 1. The van der Waals surface area contributed by atoms with Crippen LogP contribution in [0.5, 0.6) is 0 Å². The molecular formula is C17H32N2O5S. The fourth-order valence-electron chi connectivity index (χ4n) is 2.02. The average molecular weight is 377 g/mol. The smallest absolute Gasteiger partial charge is 0.408 e. The van der Waals surface area contributed by atoms with Crippen molar-refractivity contribution in [1.29, 1.82) is 0 Å². The molecule has 7 nitrogen and oxygen atoms in total. The highest BCUT2D eigenvalue weighted by molar-refractivity contribution is 7.98. The van der Waals surface area contributed by atoms with E-state index < -0.39 is 35.7 Å². The normalized spacial score (nSPS) is 14.8. The van der Waals surface area contributed by atoms with Crippen LogP contribution in [0.1, 0.15) is 47.5 Å². The van der Waals surface area contributed by atoms with E-state index in [0.717, 1.165) is 0 Å². The van der Waals surface area contributed by atoms with E-state index in [9.17, 15) is 14.4 Å². The van der Waals surface area contributed by atoms with Gasteiger partial charge in [0.25, 0.3) is 0 Å². The molecule has 2 amide bonds. The first kappa shape index (κ1) is 23.6. The maximum Gasteiger partial charge on any atom is 0.408 e. The third-order valence-electron chi connectivity index (χ3n) is 3.58. The van der Waals surface area contributed by atoms with Crippen molar-refractivity contribution in [3.8, 4) is 0 Å². The minimum absolute atomic E-state index is 0.119. The lowest BCUT2D eigenvalue weighted by Crippen LogP contribution is -2.55. The zero-order valence-electron chi connectivity index (χ0n) is 16.3. The Kier molecular flexibility index (Phi) is 10.6. The predicted molar refractivity (Wildman–Crippen MR) is 99.6 cm³/mol. The molecular weight excluding hydrogens is 344 g/mol. The van der Waals surface area contributed by atoms with Gasteiger partial charge in [0, 0.05) is 0 Å². The van der Waals surface area contributed by atoms with Crippen LogP contribution in [-0.2, 0) is 19.1 Å². The van der Waals surface area contributed by atoms with Gasteiger partial charge in [0.1, 0.15) is 17.7 Å². The summed E-state index contributed by atoms with van der Waals surface area (Å²) in [5.41, 5.74) is -0.659. The molecule has 0 aromatic rings. The molecule has 0 spiro atoms. The summed E-state index contributed by atoms with van der Waals surface area (Å²) in [7, 11) is 1.28. The third-order valence-corrected chi connectivity index (χ3v) is 4.22. The second kappa shape index (κ2) is 11.2. The lowest BCUT2D eigenvalue weighted by molar-refractivity contribution is -0.145. The summed E-state index contributed by atoms with van der Waals surface area (Å²) >= 11 is 1.57. The maximum atomic E-state index is 12.6. The van der Waals surface area contributed by atoms with Crippen molar-refractivity contribution in [3.63, 3.8) is 0 Å². The number of hydrogen-bond donors (Lipinski definition) is 2. The van der Waals surface area contributed by atoms with Gasteiger partial charge in [-0.3, -0.25) is 4.79 Å². The molecule has 0 heterocycles. The van der Waals surface area contributed by atoms with Gasteiger partial charge in [-0.1, -0.05) is 20.3 Å². The molecule has 2 N–H and O–H groups in total. The molecule has 0 aliphatic carbocycles. The van der Waals surface area contributed by atoms with Gasteiger partial charge < -0.3 is 20.1 Å². The van der Waals surface area contributed by atoms with E-state index >= 15 is 0 Å². The fourth-order valence-corrected chi connectivity index (χ4v) is 2.50. The van der Waals surface area contributed by atoms with Crippen LogP contribution in [0.2, 0.25) is 0 Å². The molecule has 146 valence electrons. The fraction of sp³-hybridized carbons (Fsp3) is 0.824. The summed E-state index contributed by atoms with van der Waals surface area (Å²) in [6.45, 7) is 9.03. The van der Waals surface area contributed by atoms with Gasteiger partial charge in [-0.05, 0) is 45.1 Å². The van der Waals surface area contributed by atoms with Crippen LogP contribution in [-0.4, -0.2) is 54.8 Å². The van der Waals surface area contributed by atoms with Crippen molar-refractivity contribution in [2.24, 2.45) is 5.92 Å². The molecule has 0 unspecified atom stereocenters. The summed E-state index contributed by atoms with van der Waals surface area (Å²) < 4.78 is 9.98. The molecule has 0 radical (unpaired) electrons. The minimum atomic E-state index is -0.790. The van der Waals surface area contributed by atoms with Gasteiger partial charge in [0.05, 0.1) is 7.11 Å². The Bertz CT molecular complexity index is 451. The number of carbonyl (C=O) groups excluding carboxylic acids is 3. The molecule has 0 aromatic heterocycles. The van der Waals surface area contributed by atoms with E-state index in [0.29, 0.717) is 18.6 Å². The molecule has 0 aliphatic heterocycles. The van der Waals surface area contributed by atoms with Crippen molar-refractivity contribution in [3.05, 3.63) is 0 Å². The van der Waals surface area contributed by atoms with Crippen molar-refractivity contribution in [2.75, 3.05) is 19.1 Å². The minimum Gasteiger partial charge on any atom is -0.467 e. The molecule has 0 saturated carbocycles. The number of carbonyl (C=O) groups is 3. The quantitative estimate of drug-likeness (QED) is 0.600. The van der Waals surface area contributed by atoms with Crippen LogP contribution in [0.4, 0.5) is 4.79 Å². The highest BCUT2D eigenvalue weighted by atomic mass is 32.2. The first-order chi connectivity index (χ1) is 11.6. The van der Waals surface area contributed by atoms with E-state index in [-0.39, 0.29) is 5.92 Å². The Morgan fingerprint density at radius 3 is 2.20 bits per heavy atom. The highest BCUT2D eigenvalue weighted by Gasteiger charge is 2.31. The van der Waals surface area contributed by atoms with Gasteiger partial charge >= 0.3 is 12.1 Å². The lowest BCUT2D eigenvalue weighted by Gasteiger charge is -2.27. The van der Waals surface area contributed by atoms with E-state index in [4.69, 9.17) is 9.47 Å². The Morgan fingerprint density at radius 1 is 1.16 bits per heavy atom. The van der Waals surface area contributed by atoms with E-state index in [1.54, 1.807) is 32.5 Å². The molecule has 0 aliphatic rings. The Hall–Kier alpha value is -1.44. The molecule has 8 heteroatoms. The molecule has 0 fully saturated rings. The number of ether oxygens (including phenoxy) is 2. The average Bonchev–Trinajstić information content (AvgIpc) is 2.53. The number of hydrogen-bond acceptors (Lipinski definition) is 6. The summed E-state index contributed by atoms with van der Waals surface area (Å²) in [5.74, 6) is -0.335. The molecule has 0 rings (SSSR count). The number of esters is 1. The summed E-state index contributed by atoms with van der Waals surface area (Å²) in [4.78, 5) is 36.5.